The molecule has 0 bridgehead atoms. The summed E-state index contributed by atoms with van der Waals surface area (Å²) in [6, 6.07) is 18.2. The van der Waals surface area contributed by atoms with Gasteiger partial charge in [-0.05, 0) is 41.5 Å². The van der Waals surface area contributed by atoms with Crippen molar-refractivity contribution >= 4 is 16.7 Å². The standard InChI is InChI=1S/C23H16F3N3O2/c24-23(25,26)17-5-3-4-16(12-17)14-8-10-15(11-9-14)21(30)27-13-20-18-6-1-2-7-19(18)22(31)29-28-20/h1-12H,13H2,(H,27,30)(H,29,31). The van der Waals surface area contributed by atoms with E-state index in [9.17, 15) is 22.8 Å². The van der Waals surface area contributed by atoms with Gasteiger partial charge in [0.25, 0.3) is 11.5 Å². The molecule has 5 nitrogen and oxygen atoms in total. The molecule has 0 aliphatic carbocycles. The smallest absolute Gasteiger partial charge is 0.346 e. The van der Waals surface area contributed by atoms with Gasteiger partial charge < -0.3 is 5.32 Å². The van der Waals surface area contributed by atoms with Gasteiger partial charge in [-0.25, -0.2) is 5.10 Å². The van der Waals surface area contributed by atoms with Crippen molar-refractivity contribution in [1.82, 2.24) is 15.5 Å². The van der Waals surface area contributed by atoms with Gasteiger partial charge in [-0.2, -0.15) is 18.3 Å². The summed E-state index contributed by atoms with van der Waals surface area (Å²) in [6.07, 6.45) is -4.42. The van der Waals surface area contributed by atoms with Crippen molar-refractivity contribution in [3.8, 4) is 11.1 Å². The molecule has 0 unspecified atom stereocenters. The van der Waals surface area contributed by atoms with Crippen LogP contribution in [0.4, 0.5) is 13.2 Å². The number of carbonyl (C=O) groups excluding carboxylic acids is 1. The number of alkyl halides is 3. The van der Waals surface area contributed by atoms with Gasteiger partial charge in [0.05, 0.1) is 23.2 Å². The molecule has 4 rings (SSSR count). The van der Waals surface area contributed by atoms with Crippen molar-refractivity contribution in [2.45, 2.75) is 12.7 Å². The van der Waals surface area contributed by atoms with Gasteiger partial charge in [-0.15, -0.1) is 0 Å². The summed E-state index contributed by atoms with van der Waals surface area (Å²) in [4.78, 5) is 24.3. The quantitative estimate of drug-likeness (QED) is 0.506. The van der Waals surface area contributed by atoms with E-state index in [0.717, 1.165) is 12.1 Å². The van der Waals surface area contributed by atoms with Crippen LogP contribution < -0.4 is 10.9 Å². The van der Waals surface area contributed by atoms with Crippen molar-refractivity contribution in [3.05, 3.63) is 100.0 Å². The van der Waals surface area contributed by atoms with Gasteiger partial charge >= 0.3 is 6.18 Å². The fraction of sp³-hybridized carbons (Fsp3) is 0.0870. The largest absolute Gasteiger partial charge is 0.416 e. The van der Waals surface area contributed by atoms with Gasteiger partial charge in [0, 0.05) is 10.9 Å². The minimum absolute atomic E-state index is 0.103. The molecule has 3 aromatic carbocycles. The molecule has 0 saturated heterocycles. The number of H-pyrrole nitrogens is 1. The Morgan fingerprint density at radius 1 is 0.903 bits per heavy atom. The first-order chi connectivity index (χ1) is 14.8. The molecule has 31 heavy (non-hydrogen) atoms. The zero-order chi connectivity index (χ0) is 22.0. The van der Waals surface area contributed by atoms with Crippen molar-refractivity contribution in [3.63, 3.8) is 0 Å². The average molecular weight is 423 g/mol. The van der Waals surface area contributed by atoms with Crippen molar-refractivity contribution in [1.29, 1.82) is 0 Å². The molecule has 4 aromatic rings. The highest BCUT2D eigenvalue weighted by molar-refractivity contribution is 5.95. The van der Waals surface area contributed by atoms with E-state index in [1.807, 2.05) is 0 Å². The maximum Gasteiger partial charge on any atom is 0.416 e. The second kappa shape index (κ2) is 8.06. The second-order valence-electron chi connectivity index (χ2n) is 6.88. The van der Waals surface area contributed by atoms with Crippen LogP contribution in [0.2, 0.25) is 0 Å². The Labute approximate surface area is 174 Å². The Morgan fingerprint density at radius 2 is 1.61 bits per heavy atom. The van der Waals surface area contributed by atoms with Crippen molar-refractivity contribution in [2.75, 3.05) is 0 Å². The highest BCUT2D eigenvalue weighted by Gasteiger charge is 2.30. The predicted octanol–water partition coefficient (Wildman–Crippen LogP) is 4.54. The van der Waals surface area contributed by atoms with Gasteiger partial charge in [-0.3, -0.25) is 9.59 Å². The molecule has 1 aromatic heterocycles. The number of fused-ring (bicyclic) bond motifs is 1. The maximum atomic E-state index is 12.9. The molecule has 0 aliphatic rings. The topological polar surface area (TPSA) is 74.8 Å². The number of carbonyl (C=O) groups is 1. The fourth-order valence-corrected chi connectivity index (χ4v) is 3.26. The first-order valence-electron chi connectivity index (χ1n) is 9.35. The Kier molecular flexibility index (Phi) is 5.29. The molecule has 2 N–H and O–H groups in total. The molecule has 0 radical (unpaired) electrons. The lowest BCUT2D eigenvalue weighted by Crippen LogP contribution is -2.24. The summed E-state index contributed by atoms with van der Waals surface area (Å²) in [7, 11) is 0. The Hall–Kier alpha value is -3.94. The number of hydrogen-bond acceptors (Lipinski definition) is 3. The number of nitrogens with zero attached hydrogens (tertiary/aromatic N) is 1. The number of halogens is 3. The van der Waals surface area contributed by atoms with E-state index in [0.29, 0.717) is 33.2 Å². The van der Waals surface area contributed by atoms with E-state index in [1.165, 1.54) is 6.07 Å². The summed E-state index contributed by atoms with van der Waals surface area (Å²) in [5, 5.41) is 10.3. The van der Waals surface area contributed by atoms with Crippen LogP contribution in [0.1, 0.15) is 21.6 Å². The Balaban J connectivity index is 1.50. The Bertz CT molecular complexity index is 1310. The summed E-state index contributed by atoms with van der Waals surface area (Å²) < 4.78 is 38.8. The van der Waals surface area contributed by atoms with Crippen LogP contribution in [0.5, 0.6) is 0 Å². The van der Waals surface area contributed by atoms with Gasteiger partial charge in [0.1, 0.15) is 0 Å². The van der Waals surface area contributed by atoms with Crippen LogP contribution >= 0.6 is 0 Å². The lowest BCUT2D eigenvalue weighted by molar-refractivity contribution is -0.137. The minimum atomic E-state index is -4.42. The molecular formula is C23H16F3N3O2. The minimum Gasteiger partial charge on any atom is -0.346 e. The van der Waals surface area contributed by atoms with Crippen molar-refractivity contribution in [2.24, 2.45) is 0 Å². The Morgan fingerprint density at radius 3 is 2.32 bits per heavy atom. The average Bonchev–Trinajstić information content (AvgIpc) is 2.78. The third-order valence-electron chi connectivity index (χ3n) is 4.86. The maximum absolute atomic E-state index is 12.9. The predicted molar refractivity (Wildman–Crippen MR) is 110 cm³/mol. The van der Waals surface area contributed by atoms with Gasteiger partial charge in [0.2, 0.25) is 0 Å². The number of nitrogens with one attached hydrogen (secondary N) is 2. The summed E-state index contributed by atoms with van der Waals surface area (Å²) in [6.45, 7) is 0.103. The van der Waals surface area contributed by atoms with E-state index in [1.54, 1.807) is 54.6 Å². The van der Waals surface area contributed by atoms with Crippen LogP contribution in [0.25, 0.3) is 21.9 Å². The summed E-state index contributed by atoms with van der Waals surface area (Å²) in [5.74, 6) is -0.368. The number of hydrogen-bond donors (Lipinski definition) is 2. The van der Waals surface area contributed by atoms with E-state index < -0.39 is 11.7 Å². The van der Waals surface area contributed by atoms with Crippen LogP contribution in [0.3, 0.4) is 0 Å². The number of aromatic amines is 1. The number of rotatable bonds is 4. The molecule has 1 amide bonds. The third-order valence-corrected chi connectivity index (χ3v) is 4.86. The molecular weight excluding hydrogens is 407 g/mol. The number of amides is 1. The zero-order valence-electron chi connectivity index (χ0n) is 16.0. The molecule has 156 valence electrons. The lowest BCUT2D eigenvalue weighted by Gasteiger charge is -2.10. The van der Waals surface area contributed by atoms with E-state index in [4.69, 9.17) is 0 Å². The van der Waals surface area contributed by atoms with E-state index >= 15 is 0 Å². The first-order valence-corrected chi connectivity index (χ1v) is 9.35. The molecule has 8 heteroatoms. The van der Waals surface area contributed by atoms with Crippen LogP contribution in [0.15, 0.2) is 77.6 Å². The first kappa shape index (κ1) is 20.3. The van der Waals surface area contributed by atoms with E-state index in [-0.39, 0.29) is 18.0 Å². The van der Waals surface area contributed by atoms with Crippen LogP contribution in [-0.4, -0.2) is 16.1 Å². The summed E-state index contributed by atoms with van der Waals surface area (Å²) >= 11 is 0. The van der Waals surface area contributed by atoms with E-state index in [2.05, 4.69) is 15.5 Å². The van der Waals surface area contributed by atoms with Crippen molar-refractivity contribution < 1.29 is 18.0 Å². The molecule has 0 atom stereocenters. The molecule has 0 fully saturated rings. The fourth-order valence-electron chi connectivity index (χ4n) is 3.26. The monoisotopic (exact) mass is 423 g/mol. The van der Waals surface area contributed by atoms with Crippen LogP contribution in [-0.2, 0) is 12.7 Å². The number of aromatic nitrogens is 2. The third kappa shape index (κ3) is 4.32. The highest BCUT2D eigenvalue weighted by Crippen LogP contribution is 2.32. The second-order valence-corrected chi connectivity index (χ2v) is 6.88. The highest BCUT2D eigenvalue weighted by atomic mass is 19.4. The molecule has 1 heterocycles. The number of benzene rings is 3. The van der Waals surface area contributed by atoms with Gasteiger partial charge in [0.15, 0.2) is 0 Å². The molecule has 0 saturated carbocycles. The SMILES string of the molecule is O=C(NCc1n[nH]c(=O)c2ccccc12)c1ccc(-c2cccc(C(F)(F)F)c2)cc1. The zero-order valence-corrected chi connectivity index (χ0v) is 16.0. The molecule has 0 aliphatic heterocycles. The lowest BCUT2D eigenvalue weighted by atomic mass is 10.0. The van der Waals surface area contributed by atoms with Gasteiger partial charge in [-0.1, -0.05) is 42.5 Å². The van der Waals surface area contributed by atoms with Crippen LogP contribution in [0, 0.1) is 0 Å². The normalized spacial score (nSPS) is 11.5. The molecule has 0 spiro atoms. The summed E-state index contributed by atoms with van der Waals surface area (Å²) in [5.41, 5.74) is 0.804.